The molecule has 1 N–H and O–H groups in total. The lowest BCUT2D eigenvalue weighted by Gasteiger charge is -2.25. The van der Waals surface area contributed by atoms with Gasteiger partial charge in [-0.15, -0.1) is 0 Å². The Kier molecular flexibility index (Phi) is 4.96. The van der Waals surface area contributed by atoms with Gasteiger partial charge < -0.3 is 18.5 Å². The van der Waals surface area contributed by atoms with Gasteiger partial charge in [0, 0.05) is 19.4 Å². The maximum absolute atomic E-state index is 12.7. The van der Waals surface area contributed by atoms with E-state index >= 15 is 0 Å². The first kappa shape index (κ1) is 19.0. The first-order valence-corrected chi connectivity index (χ1v) is 10.3. The molecule has 0 saturated heterocycles. The van der Waals surface area contributed by atoms with E-state index in [4.69, 9.17) is 9.05 Å². The van der Waals surface area contributed by atoms with E-state index in [1.807, 2.05) is 24.9 Å². The molecule has 8 nitrogen and oxygen atoms in total. The Morgan fingerprint density at radius 1 is 1.07 bits per heavy atom. The van der Waals surface area contributed by atoms with Crippen molar-refractivity contribution in [1.29, 1.82) is 0 Å². The van der Waals surface area contributed by atoms with Gasteiger partial charge in [0.25, 0.3) is 5.82 Å². The summed E-state index contributed by atoms with van der Waals surface area (Å²) in [4.78, 5) is 20.1. The summed E-state index contributed by atoms with van der Waals surface area (Å²) in [7, 11) is -1.07. The average Bonchev–Trinajstić information content (AvgIpc) is 3.30. The van der Waals surface area contributed by atoms with E-state index in [0.29, 0.717) is 22.8 Å². The number of aromatic nitrogens is 4. The maximum atomic E-state index is 12.7. The molecule has 0 bridgehead atoms. The molecule has 0 saturated carbocycles. The summed E-state index contributed by atoms with van der Waals surface area (Å²) in [5.74, 6) is 1.59. The lowest BCUT2D eigenvalue weighted by Crippen LogP contribution is -2.27. The van der Waals surface area contributed by atoms with Gasteiger partial charge in [0.05, 0.1) is 12.6 Å². The lowest BCUT2D eigenvalue weighted by molar-refractivity contribution is -0.658. The molecule has 0 radical (unpaired) electrons. The predicted molar refractivity (Wildman–Crippen MR) is 105 cm³/mol. The number of rotatable bonds is 6. The Labute approximate surface area is 167 Å². The van der Waals surface area contributed by atoms with Gasteiger partial charge in [-0.1, -0.05) is 24.3 Å². The second-order valence-corrected chi connectivity index (χ2v) is 7.66. The van der Waals surface area contributed by atoms with Crippen LogP contribution in [-0.4, -0.2) is 14.5 Å². The highest BCUT2D eigenvalue weighted by Crippen LogP contribution is 2.45. The van der Waals surface area contributed by atoms with E-state index in [2.05, 4.69) is 9.97 Å². The number of aryl methyl sites for hydroxylation is 2. The van der Waals surface area contributed by atoms with Crippen LogP contribution < -0.4 is 18.5 Å². The van der Waals surface area contributed by atoms with Gasteiger partial charge in [0.2, 0.25) is 0 Å². The van der Waals surface area contributed by atoms with Crippen molar-refractivity contribution >= 4 is 7.82 Å². The summed E-state index contributed by atoms with van der Waals surface area (Å²) in [6.45, 7) is 0. The zero-order valence-electron chi connectivity index (χ0n) is 15.9. The molecule has 29 heavy (non-hydrogen) atoms. The summed E-state index contributed by atoms with van der Waals surface area (Å²) >= 11 is 0. The first-order valence-electron chi connectivity index (χ1n) is 8.84. The zero-order chi connectivity index (χ0) is 20.4. The molecule has 2 aromatic heterocycles. The van der Waals surface area contributed by atoms with Crippen LogP contribution in [0.3, 0.4) is 0 Å². The van der Waals surface area contributed by atoms with Gasteiger partial charge in [-0.05, 0) is 24.3 Å². The Morgan fingerprint density at radius 3 is 2.28 bits per heavy atom. The molecule has 4 rings (SSSR count). The van der Waals surface area contributed by atoms with Crippen molar-refractivity contribution in [3.63, 3.8) is 0 Å². The number of phosphoric ester groups is 1. The van der Waals surface area contributed by atoms with Crippen LogP contribution in [0.25, 0.3) is 22.8 Å². The predicted octanol–water partition coefficient (Wildman–Crippen LogP) is 2.83. The second-order valence-electron chi connectivity index (χ2n) is 6.40. The SMILES string of the molecule is Cn1ccnc1-c1ccccc1OP(=O)([O-])Oc1ccccc1-c1[nH]cc[n+]1C. The molecule has 2 heterocycles. The van der Waals surface area contributed by atoms with E-state index in [1.54, 1.807) is 71.7 Å². The van der Waals surface area contributed by atoms with E-state index in [1.165, 1.54) is 0 Å². The number of para-hydroxylation sites is 2. The smallest absolute Gasteiger partial charge is 0.372 e. The maximum Gasteiger partial charge on any atom is 0.372 e. The fraction of sp³-hybridized carbons (Fsp3) is 0.100. The lowest BCUT2D eigenvalue weighted by atomic mass is 10.2. The monoisotopic (exact) mass is 410 g/mol. The third kappa shape index (κ3) is 3.94. The van der Waals surface area contributed by atoms with Crippen LogP contribution in [0.1, 0.15) is 0 Å². The van der Waals surface area contributed by atoms with Crippen LogP contribution in [-0.2, 0) is 18.7 Å². The molecule has 1 atom stereocenters. The molecule has 9 heteroatoms. The quantitative estimate of drug-likeness (QED) is 0.390. The molecule has 0 fully saturated rings. The van der Waals surface area contributed by atoms with E-state index in [0.717, 1.165) is 0 Å². The van der Waals surface area contributed by atoms with Gasteiger partial charge in [0.1, 0.15) is 35.3 Å². The Morgan fingerprint density at radius 2 is 1.69 bits per heavy atom. The summed E-state index contributed by atoms with van der Waals surface area (Å²) < 4.78 is 27.0. The van der Waals surface area contributed by atoms with Crippen LogP contribution in [0.15, 0.2) is 73.3 Å². The van der Waals surface area contributed by atoms with Gasteiger partial charge >= 0.3 is 7.82 Å². The number of aromatic amines is 1. The molecule has 2 aromatic carbocycles. The highest BCUT2D eigenvalue weighted by atomic mass is 31.2. The summed E-state index contributed by atoms with van der Waals surface area (Å²) in [5.41, 5.74) is 1.14. The van der Waals surface area contributed by atoms with Gasteiger partial charge in [-0.25, -0.2) is 19.1 Å². The van der Waals surface area contributed by atoms with E-state index < -0.39 is 7.82 Å². The topological polar surface area (TPSA) is 96.1 Å². The molecule has 148 valence electrons. The third-order valence-electron chi connectivity index (χ3n) is 4.38. The number of imidazole rings is 2. The van der Waals surface area contributed by atoms with Crippen molar-refractivity contribution in [2.75, 3.05) is 0 Å². The number of benzene rings is 2. The minimum atomic E-state index is -4.73. The summed E-state index contributed by atoms with van der Waals surface area (Å²) in [6.07, 6.45) is 6.98. The van der Waals surface area contributed by atoms with Crippen LogP contribution in [0.2, 0.25) is 0 Å². The molecule has 1 unspecified atom stereocenters. The molecule has 0 aliphatic carbocycles. The summed E-state index contributed by atoms with van der Waals surface area (Å²) in [5, 5.41) is 0. The number of nitrogens with one attached hydrogen (secondary N) is 1. The van der Waals surface area contributed by atoms with Crippen molar-refractivity contribution in [2.24, 2.45) is 14.1 Å². The van der Waals surface area contributed by atoms with E-state index in [-0.39, 0.29) is 11.5 Å². The van der Waals surface area contributed by atoms with Crippen LogP contribution in [0.4, 0.5) is 0 Å². The van der Waals surface area contributed by atoms with Gasteiger partial charge in [-0.3, -0.25) is 0 Å². The standard InChI is InChI=1S/C20H19N4O4P/c1-23-13-11-21-19(23)15-7-3-5-9-17(15)27-29(25,26)28-18-10-6-4-8-16(18)20-22-12-14-24(20)2/h3-14H,1-2H3,(H,25,26). The fourth-order valence-electron chi connectivity index (χ4n) is 3.03. The van der Waals surface area contributed by atoms with Crippen LogP contribution in [0.5, 0.6) is 11.5 Å². The van der Waals surface area contributed by atoms with Crippen molar-refractivity contribution in [2.45, 2.75) is 0 Å². The molecule has 0 aliphatic rings. The fourth-order valence-corrected chi connectivity index (χ4v) is 3.87. The summed E-state index contributed by atoms with van der Waals surface area (Å²) in [6, 6.07) is 13.6. The minimum Gasteiger partial charge on any atom is -0.736 e. The van der Waals surface area contributed by atoms with Crippen LogP contribution >= 0.6 is 7.82 Å². The Hall–Kier alpha value is -3.35. The first-order chi connectivity index (χ1) is 13.9. The molecule has 0 spiro atoms. The van der Waals surface area contributed by atoms with Crippen LogP contribution in [0, 0.1) is 0 Å². The molecular weight excluding hydrogens is 391 g/mol. The normalized spacial score (nSPS) is 13.1. The van der Waals surface area contributed by atoms with Crippen molar-refractivity contribution in [3.05, 3.63) is 73.3 Å². The number of phosphoric acid groups is 1. The van der Waals surface area contributed by atoms with Crippen molar-refractivity contribution in [1.82, 2.24) is 14.5 Å². The number of H-pyrrole nitrogens is 1. The van der Waals surface area contributed by atoms with Crippen molar-refractivity contribution in [3.8, 4) is 34.3 Å². The highest BCUT2D eigenvalue weighted by molar-refractivity contribution is 7.46. The molecular formula is C20H19N4O4P. The number of hydrogen-bond donors (Lipinski definition) is 1. The number of hydrogen-bond acceptors (Lipinski definition) is 5. The third-order valence-corrected chi connectivity index (χ3v) is 5.22. The number of nitrogens with zero attached hydrogens (tertiary/aromatic N) is 3. The van der Waals surface area contributed by atoms with E-state index in [9.17, 15) is 9.46 Å². The molecule has 0 amide bonds. The second kappa shape index (κ2) is 7.58. The minimum absolute atomic E-state index is 0.142. The average molecular weight is 410 g/mol. The largest absolute Gasteiger partial charge is 0.736 e. The Balaban J connectivity index is 1.65. The Bertz CT molecular complexity index is 1110. The van der Waals surface area contributed by atoms with Crippen molar-refractivity contribution < 1.29 is 23.1 Å². The van der Waals surface area contributed by atoms with Gasteiger partial charge in [-0.2, -0.15) is 0 Å². The molecule has 0 aliphatic heterocycles. The van der Waals surface area contributed by atoms with Gasteiger partial charge in [0.15, 0.2) is 0 Å². The highest BCUT2D eigenvalue weighted by Gasteiger charge is 2.22. The molecule has 4 aromatic rings. The zero-order valence-corrected chi connectivity index (χ0v) is 16.7.